The van der Waals surface area contributed by atoms with Gasteiger partial charge in [-0.25, -0.2) is 0 Å². The zero-order valence-corrected chi connectivity index (χ0v) is 14.7. The highest BCUT2D eigenvalue weighted by molar-refractivity contribution is 5.79. The first-order chi connectivity index (χ1) is 10.7. The van der Waals surface area contributed by atoms with Crippen LogP contribution in [-0.2, 0) is 9.53 Å². The molecule has 4 heteroatoms. The average molecular weight is 310 g/mol. The molecule has 2 saturated heterocycles. The molecule has 0 aromatic carbocycles. The van der Waals surface area contributed by atoms with Crippen molar-refractivity contribution < 1.29 is 9.53 Å². The van der Waals surface area contributed by atoms with Gasteiger partial charge in [0, 0.05) is 50.8 Å². The molecule has 2 aliphatic heterocycles. The molecule has 22 heavy (non-hydrogen) atoms. The molecule has 2 heterocycles. The van der Waals surface area contributed by atoms with E-state index in [0.29, 0.717) is 18.0 Å². The third kappa shape index (κ3) is 4.45. The van der Waals surface area contributed by atoms with Gasteiger partial charge in [-0.05, 0) is 32.6 Å². The maximum Gasteiger partial charge on any atom is 0.226 e. The zero-order valence-electron chi connectivity index (χ0n) is 14.7. The van der Waals surface area contributed by atoms with Gasteiger partial charge in [0.2, 0.25) is 5.91 Å². The van der Waals surface area contributed by atoms with Crippen LogP contribution >= 0.6 is 0 Å². The quantitative estimate of drug-likeness (QED) is 0.756. The maximum atomic E-state index is 12.9. The molecule has 1 amide bonds. The fourth-order valence-corrected chi connectivity index (χ4v) is 4.02. The number of carbonyl (C=O) groups is 1. The summed E-state index contributed by atoms with van der Waals surface area (Å²) in [5.41, 5.74) is 0. The second kappa shape index (κ2) is 8.88. The number of hydrogen-bond acceptors (Lipinski definition) is 3. The van der Waals surface area contributed by atoms with Gasteiger partial charge < -0.3 is 9.64 Å². The third-order valence-corrected chi connectivity index (χ3v) is 5.27. The maximum absolute atomic E-state index is 12.9. The van der Waals surface area contributed by atoms with Crippen molar-refractivity contribution in [3.05, 3.63) is 0 Å². The van der Waals surface area contributed by atoms with Crippen LogP contribution in [0.5, 0.6) is 0 Å². The van der Waals surface area contributed by atoms with Gasteiger partial charge in [-0.15, -0.1) is 0 Å². The Balaban J connectivity index is 1.89. The molecule has 0 unspecified atom stereocenters. The van der Waals surface area contributed by atoms with E-state index in [0.717, 1.165) is 71.4 Å². The summed E-state index contributed by atoms with van der Waals surface area (Å²) in [7, 11) is 0. The molecular formula is C18H34N2O2. The number of nitrogens with zero attached hydrogens (tertiary/aromatic N) is 2. The van der Waals surface area contributed by atoms with E-state index in [1.165, 1.54) is 0 Å². The zero-order chi connectivity index (χ0) is 15.9. The van der Waals surface area contributed by atoms with Crippen molar-refractivity contribution in [3.63, 3.8) is 0 Å². The highest BCUT2D eigenvalue weighted by atomic mass is 16.5. The van der Waals surface area contributed by atoms with Crippen molar-refractivity contribution in [2.24, 2.45) is 5.92 Å². The van der Waals surface area contributed by atoms with Crippen molar-refractivity contribution in [1.82, 2.24) is 9.80 Å². The van der Waals surface area contributed by atoms with Crippen molar-refractivity contribution >= 4 is 5.91 Å². The standard InChI is InChI=1S/C18H34N2O2/c1-4-6-16(7-5-2)18(21)20-11-10-19(14-15(20)3)17-8-12-22-13-9-17/h15-17H,4-14H2,1-3H3/t15-/m1/s1. The largest absolute Gasteiger partial charge is 0.381 e. The number of amides is 1. The van der Waals surface area contributed by atoms with Gasteiger partial charge in [-0.1, -0.05) is 26.7 Å². The predicted molar refractivity (Wildman–Crippen MR) is 89.9 cm³/mol. The van der Waals surface area contributed by atoms with E-state index >= 15 is 0 Å². The number of piperazine rings is 1. The normalized spacial score (nSPS) is 24.9. The molecule has 0 spiro atoms. The van der Waals surface area contributed by atoms with E-state index in [4.69, 9.17) is 4.74 Å². The molecule has 0 bridgehead atoms. The first-order valence-corrected chi connectivity index (χ1v) is 9.29. The molecule has 0 aliphatic carbocycles. The molecule has 0 aromatic rings. The first-order valence-electron chi connectivity index (χ1n) is 9.29. The van der Waals surface area contributed by atoms with E-state index in [1.807, 2.05) is 0 Å². The number of hydrogen-bond donors (Lipinski definition) is 0. The minimum absolute atomic E-state index is 0.243. The Morgan fingerprint density at radius 3 is 2.32 bits per heavy atom. The molecule has 128 valence electrons. The topological polar surface area (TPSA) is 32.8 Å². The van der Waals surface area contributed by atoms with Crippen molar-refractivity contribution in [2.45, 2.75) is 71.4 Å². The molecule has 0 N–H and O–H groups in total. The minimum Gasteiger partial charge on any atom is -0.381 e. The molecule has 0 saturated carbocycles. The molecular weight excluding hydrogens is 276 g/mol. The van der Waals surface area contributed by atoms with Crippen LogP contribution in [0.4, 0.5) is 0 Å². The number of carbonyl (C=O) groups excluding carboxylic acids is 1. The van der Waals surface area contributed by atoms with Gasteiger partial charge in [-0.2, -0.15) is 0 Å². The van der Waals surface area contributed by atoms with Gasteiger partial charge in [0.05, 0.1) is 0 Å². The highest BCUT2D eigenvalue weighted by Crippen LogP contribution is 2.23. The lowest BCUT2D eigenvalue weighted by Gasteiger charge is -2.45. The molecule has 2 aliphatic rings. The van der Waals surface area contributed by atoms with Crippen molar-refractivity contribution in [1.29, 1.82) is 0 Å². The Labute approximate surface area is 136 Å². The van der Waals surface area contributed by atoms with Gasteiger partial charge in [-0.3, -0.25) is 9.69 Å². The van der Waals surface area contributed by atoms with Crippen LogP contribution in [0.15, 0.2) is 0 Å². The molecule has 4 nitrogen and oxygen atoms in total. The Bertz CT molecular complexity index is 336. The van der Waals surface area contributed by atoms with Crippen LogP contribution < -0.4 is 0 Å². The number of rotatable bonds is 6. The third-order valence-electron chi connectivity index (χ3n) is 5.27. The lowest BCUT2D eigenvalue weighted by Crippen LogP contribution is -2.58. The number of ether oxygens (including phenoxy) is 1. The van der Waals surface area contributed by atoms with E-state index in [-0.39, 0.29) is 5.92 Å². The first kappa shape index (κ1) is 17.7. The summed E-state index contributed by atoms with van der Waals surface area (Å²) in [6.07, 6.45) is 6.59. The summed E-state index contributed by atoms with van der Waals surface area (Å²) in [5.74, 6) is 0.648. The Morgan fingerprint density at radius 2 is 1.77 bits per heavy atom. The van der Waals surface area contributed by atoms with Gasteiger partial charge >= 0.3 is 0 Å². The van der Waals surface area contributed by atoms with E-state index < -0.39 is 0 Å². The summed E-state index contributed by atoms with van der Waals surface area (Å²) in [5, 5.41) is 0. The van der Waals surface area contributed by atoms with Crippen LogP contribution in [0, 0.1) is 5.92 Å². The predicted octanol–water partition coefficient (Wildman–Crippen LogP) is 2.91. The van der Waals surface area contributed by atoms with E-state index in [9.17, 15) is 4.79 Å². The summed E-state index contributed by atoms with van der Waals surface area (Å²) >= 11 is 0. The SMILES string of the molecule is CCCC(CCC)C(=O)N1CCN(C2CCOCC2)C[C@H]1C. The Hall–Kier alpha value is -0.610. The second-order valence-corrected chi connectivity index (χ2v) is 6.99. The Kier molecular flexibility index (Phi) is 7.16. The van der Waals surface area contributed by atoms with Crippen molar-refractivity contribution in [3.8, 4) is 0 Å². The van der Waals surface area contributed by atoms with Crippen LogP contribution in [0.2, 0.25) is 0 Å². The Morgan fingerprint density at radius 1 is 1.14 bits per heavy atom. The van der Waals surface area contributed by atoms with Crippen LogP contribution in [0.1, 0.15) is 59.3 Å². The summed E-state index contributed by atoms with van der Waals surface area (Å²) in [6.45, 7) is 11.3. The fraction of sp³-hybridized carbons (Fsp3) is 0.944. The van der Waals surface area contributed by atoms with Crippen LogP contribution in [0.3, 0.4) is 0 Å². The monoisotopic (exact) mass is 310 g/mol. The van der Waals surface area contributed by atoms with E-state index in [1.54, 1.807) is 0 Å². The van der Waals surface area contributed by atoms with E-state index in [2.05, 4.69) is 30.6 Å². The molecule has 0 radical (unpaired) electrons. The van der Waals surface area contributed by atoms with Gasteiger partial charge in [0.1, 0.15) is 0 Å². The van der Waals surface area contributed by atoms with Crippen LogP contribution in [0.25, 0.3) is 0 Å². The second-order valence-electron chi connectivity index (χ2n) is 6.99. The fourth-order valence-electron chi connectivity index (χ4n) is 4.02. The molecule has 1 atom stereocenters. The summed E-state index contributed by atoms with van der Waals surface area (Å²) < 4.78 is 5.47. The summed E-state index contributed by atoms with van der Waals surface area (Å²) in [4.78, 5) is 17.6. The molecule has 2 fully saturated rings. The smallest absolute Gasteiger partial charge is 0.226 e. The van der Waals surface area contributed by atoms with Crippen LogP contribution in [-0.4, -0.2) is 60.6 Å². The highest BCUT2D eigenvalue weighted by Gasteiger charge is 2.33. The lowest BCUT2D eigenvalue weighted by atomic mass is 9.95. The summed E-state index contributed by atoms with van der Waals surface area (Å²) in [6, 6.07) is 1.01. The van der Waals surface area contributed by atoms with Gasteiger partial charge in [0.15, 0.2) is 0 Å². The van der Waals surface area contributed by atoms with Gasteiger partial charge in [0.25, 0.3) is 0 Å². The lowest BCUT2D eigenvalue weighted by molar-refractivity contribution is -0.141. The average Bonchev–Trinajstić information content (AvgIpc) is 2.55. The van der Waals surface area contributed by atoms with Crippen molar-refractivity contribution in [2.75, 3.05) is 32.8 Å². The molecule has 0 aromatic heterocycles. The molecule has 2 rings (SSSR count). The minimum atomic E-state index is 0.243.